The fraction of sp³-hybridized carbons (Fsp3) is 1.00. The van der Waals surface area contributed by atoms with Crippen LogP contribution in [0.4, 0.5) is 0 Å². The highest BCUT2D eigenvalue weighted by atomic mass is 16.5. The van der Waals surface area contributed by atoms with Crippen molar-refractivity contribution in [3.05, 3.63) is 0 Å². The predicted octanol–water partition coefficient (Wildman–Crippen LogP) is 0.835. The van der Waals surface area contributed by atoms with Crippen molar-refractivity contribution in [1.29, 1.82) is 0 Å². The van der Waals surface area contributed by atoms with E-state index in [4.69, 9.17) is 10.5 Å². The van der Waals surface area contributed by atoms with Crippen molar-refractivity contribution in [2.75, 3.05) is 26.2 Å². The summed E-state index contributed by atoms with van der Waals surface area (Å²) >= 11 is 0. The molecule has 1 rings (SSSR count). The lowest BCUT2D eigenvalue weighted by molar-refractivity contribution is -0.0557. The normalized spacial score (nSPS) is 30.7. The van der Waals surface area contributed by atoms with Crippen molar-refractivity contribution in [2.24, 2.45) is 5.73 Å². The van der Waals surface area contributed by atoms with Crippen LogP contribution in [-0.2, 0) is 4.74 Å². The maximum atomic E-state index is 5.62. The molecule has 0 saturated carbocycles. The van der Waals surface area contributed by atoms with Crippen molar-refractivity contribution in [3.63, 3.8) is 0 Å². The van der Waals surface area contributed by atoms with E-state index < -0.39 is 0 Å². The molecule has 1 aliphatic rings. The number of ether oxygens (including phenoxy) is 1. The predicted molar refractivity (Wildman–Crippen MR) is 54.7 cm³/mol. The fourth-order valence-corrected chi connectivity index (χ4v) is 1.86. The van der Waals surface area contributed by atoms with Crippen molar-refractivity contribution in [1.82, 2.24) is 4.90 Å². The quantitative estimate of drug-likeness (QED) is 0.707. The minimum atomic E-state index is 0.389. The molecule has 3 heteroatoms. The van der Waals surface area contributed by atoms with E-state index in [1.165, 1.54) is 6.42 Å². The van der Waals surface area contributed by atoms with Crippen LogP contribution in [0.1, 0.15) is 26.7 Å². The Morgan fingerprint density at radius 1 is 1.54 bits per heavy atom. The summed E-state index contributed by atoms with van der Waals surface area (Å²) in [6.07, 6.45) is 2.67. The number of hydrogen-bond acceptors (Lipinski definition) is 3. The highest BCUT2D eigenvalue weighted by Crippen LogP contribution is 2.14. The van der Waals surface area contributed by atoms with E-state index in [0.717, 1.165) is 32.7 Å². The SMILES string of the molecule is CCC1COC(C)CN1CCCN. The molecule has 0 amide bonds. The van der Waals surface area contributed by atoms with Gasteiger partial charge in [-0.3, -0.25) is 4.90 Å². The second kappa shape index (κ2) is 5.58. The molecule has 0 aromatic rings. The molecule has 2 N–H and O–H groups in total. The van der Waals surface area contributed by atoms with Gasteiger partial charge >= 0.3 is 0 Å². The zero-order valence-electron chi connectivity index (χ0n) is 8.83. The molecule has 2 unspecified atom stereocenters. The average molecular weight is 186 g/mol. The summed E-state index contributed by atoms with van der Waals surface area (Å²) in [6, 6.07) is 0.614. The lowest BCUT2D eigenvalue weighted by Gasteiger charge is -2.38. The number of nitrogens with two attached hydrogens (primary N) is 1. The van der Waals surface area contributed by atoms with Gasteiger partial charge in [-0.2, -0.15) is 0 Å². The Balaban J connectivity index is 2.35. The maximum Gasteiger partial charge on any atom is 0.0674 e. The maximum absolute atomic E-state index is 5.62. The summed E-state index contributed by atoms with van der Waals surface area (Å²) in [5.41, 5.74) is 5.51. The molecule has 3 nitrogen and oxygen atoms in total. The molecule has 0 aromatic carbocycles. The Morgan fingerprint density at radius 3 is 2.92 bits per heavy atom. The second-order valence-corrected chi connectivity index (χ2v) is 3.84. The van der Waals surface area contributed by atoms with Gasteiger partial charge in [0.1, 0.15) is 0 Å². The van der Waals surface area contributed by atoms with Gasteiger partial charge in [-0.1, -0.05) is 6.92 Å². The zero-order valence-corrected chi connectivity index (χ0v) is 8.83. The van der Waals surface area contributed by atoms with E-state index in [-0.39, 0.29) is 0 Å². The van der Waals surface area contributed by atoms with Crippen molar-refractivity contribution in [2.45, 2.75) is 38.8 Å². The van der Waals surface area contributed by atoms with Crippen LogP contribution in [-0.4, -0.2) is 43.3 Å². The summed E-state index contributed by atoms with van der Waals surface area (Å²) in [5, 5.41) is 0. The Bertz CT molecular complexity index is 141. The first-order valence-corrected chi connectivity index (χ1v) is 5.33. The van der Waals surface area contributed by atoms with Crippen LogP contribution in [0.25, 0.3) is 0 Å². The molecule has 2 atom stereocenters. The van der Waals surface area contributed by atoms with E-state index >= 15 is 0 Å². The van der Waals surface area contributed by atoms with Crippen LogP contribution in [0.3, 0.4) is 0 Å². The number of rotatable bonds is 4. The largest absolute Gasteiger partial charge is 0.376 e. The molecular weight excluding hydrogens is 164 g/mol. The standard InChI is InChI=1S/C10H22N2O/c1-3-10-8-13-9(2)7-12(10)6-4-5-11/h9-10H,3-8,11H2,1-2H3. The van der Waals surface area contributed by atoms with Gasteiger partial charge in [-0.15, -0.1) is 0 Å². The van der Waals surface area contributed by atoms with Gasteiger partial charge in [0.05, 0.1) is 12.7 Å². The Labute approximate surface area is 81.2 Å². The van der Waals surface area contributed by atoms with Gasteiger partial charge in [0.15, 0.2) is 0 Å². The molecule has 0 spiro atoms. The first-order chi connectivity index (χ1) is 6.27. The average Bonchev–Trinajstić information content (AvgIpc) is 2.15. The minimum Gasteiger partial charge on any atom is -0.376 e. The highest BCUT2D eigenvalue weighted by Gasteiger charge is 2.24. The van der Waals surface area contributed by atoms with E-state index in [1.807, 2.05) is 0 Å². The van der Waals surface area contributed by atoms with E-state index in [9.17, 15) is 0 Å². The fourth-order valence-electron chi connectivity index (χ4n) is 1.86. The zero-order chi connectivity index (χ0) is 9.68. The molecule has 1 heterocycles. The summed E-state index contributed by atoms with van der Waals surface area (Å²) < 4.78 is 5.62. The van der Waals surface area contributed by atoms with Crippen LogP contribution < -0.4 is 5.73 Å². The Hall–Kier alpha value is -0.120. The number of hydrogen-bond donors (Lipinski definition) is 1. The minimum absolute atomic E-state index is 0.389. The summed E-state index contributed by atoms with van der Waals surface area (Å²) in [4.78, 5) is 2.51. The summed E-state index contributed by atoms with van der Waals surface area (Å²) in [5.74, 6) is 0. The van der Waals surface area contributed by atoms with Crippen LogP contribution in [0.2, 0.25) is 0 Å². The first kappa shape index (κ1) is 11.0. The Kier molecular flexibility index (Phi) is 4.70. The van der Waals surface area contributed by atoms with Crippen LogP contribution in [0.5, 0.6) is 0 Å². The summed E-state index contributed by atoms with van der Waals surface area (Å²) in [7, 11) is 0. The lowest BCUT2D eigenvalue weighted by atomic mass is 10.1. The van der Waals surface area contributed by atoms with E-state index in [0.29, 0.717) is 12.1 Å². The number of morpholine rings is 1. The monoisotopic (exact) mass is 186 g/mol. The third-order valence-electron chi connectivity index (χ3n) is 2.70. The molecular formula is C10H22N2O. The topological polar surface area (TPSA) is 38.5 Å². The molecule has 0 bridgehead atoms. The van der Waals surface area contributed by atoms with Crippen LogP contribution >= 0.6 is 0 Å². The lowest BCUT2D eigenvalue weighted by Crippen LogP contribution is -2.49. The van der Waals surface area contributed by atoms with E-state index in [2.05, 4.69) is 18.7 Å². The molecule has 1 aliphatic heterocycles. The number of nitrogens with zero attached hydrogens (tertiary/aromatic N) is 1. The second-order valence-electron chi connectivity index (χ2n) is 3.84. The van der Waals surface area contributed by atoms with Gasteiger partial charge in [0, 0.05) is 12.6 Å². The van der Waals surface area contributed by atoms with Gasteiger partial charge < -0.3 is 10.5 Å². The van der Waals surface area contributed by atoms with Crippen LogP contribution in [0, 0.1) is 0 Å². The van der Waals surface area contributed by atoms with Gasteiger partial charge in [0.25, 0.3) is 0 Å². The molecule has 0 aromatic heterocycles. The van der Waals surface area contributed by atoms with E-state index in [1.54, 1.807) is 0 Å². The molecule has 1 fully saturated rings. The smallest absolute Gasteiger partial charge is 0.0674 e. The first-order valence-electron chi connectivity index (χ1n) is 5.33. The van der Waals surface area contributed by atoms with Crippen LogP contribution in [0.15, 0.2) is 0 Å². The summed E-state index contributed by atoms with van der Waals surface area (Å²) in [6.45, 7) is 8.24. The van der Waals surface area contributed by atoms with Gasteiger partial charge in [0.2, 0.25) is 0 Å². The molecule has 78 valence electrons. The van der Waals surface area contributed by atoms with Gasteiger partial charge in [-0.05, 0) is 32.9 Å². The molecule has 1 saturated heterocycles. The molecule has 0 radical (unpaired) electrons. The van der Waals surface area contributed by atoms with Crippen molar-refractivity contribution in [3.8, 4) is 0 Å². The third-order valence-corrected chi connectivity index (χ3v) is 2.70. The van der Waals surface area contributed by atoms with Crippen molar-refractivity contribution < 1.29 is 4.74 Å². The molecule has 13 heavy (non-hydrogen) atoms. The van der Waals surface area contributed by atoms with Gasteiger partial charge in [-0.25, -0.2) is 0 Å². The van der Waals surface area contributed by atoms with Crippen molar-refractivity contribution >= 4 is 0 Å². The Morgan fingerprint density at radius 2 is 2.31 bits per heavy atom. The highest BCUT2D eigenvalue weighted by molar-refractivity contribution is 4.77. The molecule has 0 aliphatic carbocycles. The third kappa shape index (κ3) is 3.25.